The van der Waals surface area contributed by atoms with Gasteiger partial charge in [0.1, 0.15) is 18.1 Å². The molecule has 108 valence electrons. The summed E-state index contributed by atoms with van der Waals surface area (Å²) in [5, 5.41) is 4.49. The van der Waals surface area contributed by atoms with E-state index in [1.54, 1.807) is 19.2 Å². The quantitative estimate of drug-likeness (QED) is 0.823. The van der Waals surface area contributed by atoms with Crippen molar-refractivity contribution in [2.24, 2.45) is 0 Å². The van der Waals surface area contributed by atoms with E-state index in [2.05, 4.69) is 18.9 Å². The van der Waals surface area contributed by atoms with Gasteiger partial charge in [-0.1, -0.05) is 6.92 Å². The lowest BCUT2D eigenvalue weighted by Crippen LogP contribution is -2.05. The second kappa shape index (κ2) is 6.32. The van der Waals surface area contributed by atoms with Crippen LogP contribution in [0.25, 0.3) is 0 Å². The van der Waals surface area contributed by atoms with E-state index in [0.29, 0.717) is 29.8 Å². The van der Waals surface area contributed by atoms with Crippen molar-refractivity contribution >= 4 is 5.69 Å². The van der Waals surface area contributed by atoms with Crippen molar-refractivity contribution in [1.29, 1.82) is 0 Å². The van der Waals surface area contributed by atoms with Crippen LogP contribution in [-0.4, -0.2) is 16.9 Å². The lowest BCUT2D eigenvalue weighted by molar-refractivity contribution is 0.297. The number of benzene rings is 1. The molecule has 1 unspecified atom stereocenters. The zero-order chi connectivity index (χ0) is 14.5. The van der Waals surface area contributed by atoms with Crippen LogP contribution in [0.5, 0.6) is 11.5 Å². The number of aromatic nitrogens is 2. The van der Waals surface area contributed by atoms with E-state index in [0.717, 1.165) is 12.1 Å². The number of anilines is 1. The number of nitrogens with zero attached hydrogens (tertiary/aromatic N) is 2. The Labute approximate surface area is 119 Å². The highest BCUT2D eigenvalue weighted by Crippen LogP contribution is 2.26. The maximum Gasteiger partial charge on any atom is 0.142 e. The Morgan fingerprint density at radius 2 is 2.15 bits per heavy atom. The zero-order valence-corrected chi connectivity index (χ0v) is 12.2. The third kappa shape index (κ3) is 3.23. The van der Waals surface area contributed by atoms with Crippen LogP contribution >= 0.6 is 0 Å². The molecular formula is C15H21N3O2. The summed E-state index contributed by atoms with van der Waals surface area (Å²) < 4.78 is 12.8. The van der Waals surface area contributed by atoms with Gasteiger partial charge in [0.2, 0.25) is 0 Å². The van der Waals surface area contributed by atoms with Gasteiger partial charge < -0.3 is 15.2 Å². The van der Waals surface area contributed by atoms with Crippen molar-refractivity contribution in [1.82, 2.24) is 9.78 Å². The molecule has 1 atom stereocenters. The van der Waals surface area contributed by atoms with Gasteiger partial charge in [0.05, 0.1) is 18.5 Å². The van der Waals surface area contributed by atoms with Gasteiger partial charge in [-0.25, -0.2) is 0 Å². The molecule has 2 N–H and O–H groups in total. The molecule has 0 saturated carbocycles. The first-order valence-electron chi connectivity index (χ1n) is 6.74. The highest BCUT2D eigenvalue weighted by molar-refractivity contribution is 5.56. The molecule has 1 aromatic heterocycles. The molecule has 5 heteroatoms. The summed E-state index contributed by atoms with van der Waals surface area (Å²) in [4.78, 5) is 0. The van der Waals surface area contributed by atoms with Crippen molar-refractivity contribution in [2.45, 2.75) is 32.9 Å². The standard InChI is InChI=1S/C15H21N3O2/c1-4-11(2)18-8-7-12(17-18)10-20-13-5-6-15(19-3)14(16)9-13/h5-9,11H,4,10,16H2,1-3H3. The number of hydrogen-bond donors (Lipinski definition) is 1. The van der Waals surface area contributed by atoms with Crippen molar-refractivity contribution in [3.05, 3.63) is 36.2 Å². The average Bonchev–Trinajstić information content (AvgIpc) is 2.93. The van der Waals surface area contributed by atoms with E-state index >= 15 is 0 Å². The third-order valence-corrected chi connectivity index (χ3v) is 3.29. The van der Waals surface area contributed by atoms with Gasteiger partial charge in [-0.3, -0.25) is 4.68 Å². The molecule has 0 amide bonds. The molecule has 1 heterocycles. The predicted octanol–water partition coefficient (Wildman–Crippen LogP) is 3.02. The second-order valence-corrected chi connectivity index (χ2v) is 4.74. The Morgan fingerprint density at radius 1 is 1.35 bits per heavy atom. The normalized spacial score (nSPS) is 12.2. The molecule has 2 aromatic rings. The lowest BCUT2D eigenvalue weighted by Gasteiger charge is -2.09. The highest BCUT2D eigenvalue weighted by atomic mass is 16.5. The monoisotopic (exact) mass is 275 g/mol. The number of methoxy groups -OCH3 is 1. The lowest BCUT2D eigenvalue weighted by atomic mass is 10.3. The van der Waals surface area contributed by atoms with Crippen LogP contribution in [0.3, 0.4) is 0 Å². The molecule has 0 radical (unpaired) electrons. The topological polar surface area (TPSA) is 62.3 Å². The molecule has 1 aromatic carbocycles. The van der Waals surface area contributed by atoms with E-state index in [1.807, 2.05) is 23.0 Å². The van der Waals surface area contributed by atoms with E-state index in [9.17, 15) is 0 Å². The largest absolute Gasteiger partial charge is 0.495 e. The fourth-order valence-corrected chi connectivity index (χ4v) is 1.85. The van der Waals surface area contributed by atoms with Crippen molar-refractivity contribution in [3.8, 4) is 11.5 Å². The first kappa shape index (κ1) is 14.2. The Balaban J connectivity index is 1.98. The molecule has 0 aliphatic heterocycles. The van der Waals surface area contributed by atoms with Gasteiger partial charge in [-0.15, -0.1) is 0 Å². The highest BCUT2D eigenvalue weighted by Gasteiger charge is 2.06. The summed E-state index contributed by atoms with van der Waals surface area (Å²) >= 11 is 0. The predicted molar refractivity (Wildman–Crippen MR) is 79.0 cm³/mol. The van der Waals surface area contributed by atoms with Crippen LogP contribution in [0.2, 0.25) is 0 Å². The van der Waals surface area contributed by atoms with Gasteiger partial charge in [0, 0.05) is 18.3 Å². The number of rotatable bonds is 6. The molecule has 0 saturated heterocycles. The molecule has 20 heavy (non-hydrogen) atoms. The Morgan fingerprint density at radius 3 is 2.80 bits per heavy atom. The van der Waals surface area contributed by atoms with Crippen LogP contribution in [0.15, 0.2) is 30.5 Å². The SMILES string of the molecule is CCC(C)n1ccc(COc2ccc(OC)c(N)c2)n1. The number of nitrogen functional groups attached to an aromatic ring is 1. The summed E-state index contributed by atoms with van der Waals surface area (Å²) in [7, 11) is 1.59. The van der Waals surface area contributed by atoms with Crippen LogP contribution in [0.1, 0.15) is 32.0 Å². The first-order chi connectivity index (χ1) is 9.63. The summed E-state index contributed by atoms with van der Waals surface area (Å²) in [5.74, 6) is 1.36. The number of ether oxygens (including phenoxy) is 2. The van der Waals surface area contributed by atoms with Crippen LogP contribution in [0.4, 0.5) is 5.69 Å². The smallest absolute Gasteiger partial charge is 0.142 e. The minimum Gasteiger partial charge on any atom is -0.495 e. The summed E-state index contributed by atoms with van der Waals surface area (Å²) in [6.07, 6.45) is 3.03. The van der Waals surface area contributed by atoms with Gasteiger partial charge in [0.15, 0.2) is 0 Å². The van der Waals surface area contributed by atoms with E-state index in [1.165, 1.54) is 0 Å². The van der Waals surface area contributed by atoms with Crippen LogP contribution in [0, 0.1) is 0 Å². The molecule has 5 nitrogen and oxygen atoms in total. The summed E-state index contributed by atoms with van der Waals surface area (Å²) in [6.45, 7) is 4.71. The van der Waals surface area contributed by atoms with Crippen LogP contribution < -0.4 is 15.2 Å². The van der Waals surface area contributed by atoms with Gasteiger partial charge in [0.25, 0.3) is 0 Å². The fraction of sp³-hybridized carbons (Fsp3) is 0.400. The maximum atomic E-state index is 5.84. The number of nitrogens with two attached hydrogens (primary N) is 1. The molecule has 0 bridgehead atoms. The first-order valence-corrected chi connectivity index (χ1v) is 6.74. The molecule has 0 fully saturated rings. The van der Waals surface area contributed by atoms with E-state index in [-0.39, 0.29) is 0 Å². The fourth-order valence-electron chi connectivity index (χ4n) is 1.85. The van der Waals surface area contributed by atoms with Crippen molar-refractivity contribution in [2.75, 3.05) is 12.8 Å². The van der Waals surface area contributed by atoms with Crippen molar-refractivity contribution in [3.63, 3.8) is 0 Å². The molecule has 0 spiro atoms. The Bertz CT molecular complexity index is 566. The Kier molecular flexibility index (Phi) is 4.50. The number of hydrogen-bond acceptors (Lipinski definition) is 4. The van der Waals surface area contributed by atoms with Gasteiger partial charge in [-0.2, -0.15) is 5.10 Å². The summed E-state index contributed by atoms with van der Waals surface area (Å²) in [5.41, 5.74) is 7.31. The van der Waals surface area contributed by atoms with Crippen molar-refractivity contribution < 1.29 is 9.47 Å². The molecular weight excluding hydrogens is 254 g/mol. The Hall–Kier alpha value is -2.17. The molecule has 0 aliphatic carbocycles. The minimum atomic E-state index is 0.403. The van der Waals surface area contributed by atoms with Gasteiger partial charge >= 0.3 is 0 Å². The minimum absolute atomic E-state index is 0.403. The third-order valence-electron chi connectivity index (χ3n) is 3.29. The maximum absolute atomic E-state index is 5.84. The molecule has 0 aliphatic rings. The van der Waals surface area contributed by atoms with E-state index in [4.69, 9.17) is 15.2 Å². The zero-order valence-electron chi connectivity index (χ0n) is 12.2. The summed E-state index contributed by atoms with van der Waals surface area (Å²) in [6, 6.07) is 7.76. The van der Waals surface area contributed by atoms with Gasteiger partial charge in [-0.05, 0) is 31.5 Å². The van der Waals surface area contributed by atoms with E-state index < -0.39 is 0 Å². The average molecular weight is 275 g/mol. The van der Waals surface area contributed by atoms with Crippen LogP contribution in [-0.2, 0) is 6.61 Å². The second-order valence-electron chi connectivity index (χ2n) is 4.74. The molecule has 2 rings (SSSR count).